The molecule has 0 unspecified atom stereocenters. The molecule has 3 heteroatoms. The van der Waals surface area contributed by atoms with E-state index in [9.17, 15) is 0 Å². The largest absolute Gasteiger partial charge is 0.243 e. The molecule has 2 aromatic carbocycles. The zero-order chi connectivity index (χ0) is 11.8. The van der Waals surface area contributed by atoms with E-state index in [4.69, 9.17) is 4.63 Å². The molecule has 0 saturated heterocycles. The number of hydrogen-bond acceptors (Lipinski definition) is 1. The minimum Gasteiger partial charge on any atom is -0.243 e. The van der Waals surface area contributed by atoms with Crippen molar-refractivity contribution in [2.45, 2.75) is 13.8 Å². The van der Waals surface area contributed by atoms with Crippen LogP contribution in [0.25, 0.3) is 11.4 Å². The van der Waals surface area contributed by atoms with Gasteiger partial charge in [0.25, 0.3) is 0 Å². The normalized spacial score (nSPS) is 10.9. The molecule has 0 fully saturated rings. The molecule has 0 bridgehead atoms. The Morgan fingerprint density at radius 2 is 1.12 bits per heavy atom. The number of rotatable bonds is 2. The Hall–Kier alpha value is -2.16. The summed E-state index contributed by atoms with van der Waals surface area (Å²) in [7, 11) is 0. The highest BCUT2D eigenvalue weighted by molar-refractivity contribution is 5.42. The molecule has 0 amide bonds. The van der Waals surface area contributed by atoms with Gasteiger partial charge in [-0.2, -0.15) is 0 Å². The maximum Gasteiger partial charge on any atom is 0.109 e. The quantitative estimate of drug-likeness (QED) is 0.656. The molecule has 0 spiro atoms. The summed E-state index contributed by atoms with van der Waals surface area (Å²) in [6.07, 6.45) is 0. The molecular weight excluding hydrogens is 212 g/mol. The van der Waals surface area contributed by atoms with E-state index < -0.39 is 0 Å². The Balaban J connectivity index is 2.02. The van der Waals surface area contributed by atoms with Crippen LogP contribution in [-0.4, -0.2) is 9.71 Å². The highest BCUT2D eigenvalue weighted by Gasteiger charge is 2.17. The first-order chi connectivity index (χ1) is 8.27. The van der Waals surface area contributed by atoms with E-state index in [-0.39, 0.29) is 0 Å². The Bertz CT molecular complexity index is 588. The predicted octanol–water partition coefficient (Wildman–Crippen LogP) is 3.48. The third-order valence-corrected chi connectivity index (χ3v) is 2.94. The molecule has 86 valence electrons. The van der Waals surface area contributed by atoms with E-state index in [2.05, 4.69) is 26.0 Å². The Labute approximate surface area is 99.8 Å². The highest BCUT2D eigenvalue weighted by Crippen LogP contribution is 2.22. The van der Waals surface area contributed by atoms with Crippen LogP contribution in [0.5, 0.6) is 0 Å². The van der Waals surface area contributed by atoms with Gasteiger partial charge in [-0.25, -0.2) is 4.63 Å². The fourth-order valence-electron chi connectivity index (χ4n) is 1.90. The van der Waals surface area contributed by atoms with Gasteiger partial charge in [-0.1, -0.05) is 46.1 Å². The predicted molar refractivity (Wildman–Crippen MR) is 66.8 cm³/mol. The smallest absolute Gasteiger partial charge is 0.109 e. The fraction of sp³-hybridized carbons (Fsp3) is 0.143. The first kappa shape index (κ1) is 10.0. The van der Waals surface area contributed by atoms with E-state index in [0.717, 1.165) is 11.4 Å². The minimum absolute atomic E-state index is 1.08. The lowest BCUT2D eigenvalue weighted by Crippen LogP contribution is -1.95. The van der Waals surface area contributed by atoms with Gasteiger partial charge in [-0.05, 0) is 37.1 Å². The summed E-state index contributed by atoms with van der Waals surface area (Å²) in [5.41, 5.74) is 4.55. The summed E-state index contributed by atoms with van der Waals surface area (Å²) >= 11 is 0. The van der Waals surface area contributed by atoms with Crippen molar-refractivity contribution in [2.24, 2.45) is 0 Å². The molecule has 1 heterocycles. The van der Waals surface area contributed by atoms with E-state index in [0.29, 0.717) is 0 Å². The van der Waals surface area contributed by atoms with Gasteiger partial charge < -0.3 is 0 Å². The van der Waals surface area contributed by atoms with Gasteiger partial charge in [0.05, 0.1) is 0 Å². The molecule has 0 radical (unpaired) electrons. The molecule has 3 aromatic rings. The van der Waals surface area contributed by atoms with Crippen LogP contribution in [0.4, 0.5) is 0 Å². The van der Waals surface area contributed by atoms with Gasteiger partial charge in [0.15, 0.2) is 0 Å². The monoisotopic (exact) mass is 226 g/mol. The van der Waals surface area contributed by atoms with Gasteiger partial charge in [0.1, 0.15) is 11.4 Å². The molecule has 0 aliphatic rings. The van der Waals surface area contributed by atoms with Crippen LogP contribution in [0.1, 0.15) is 11.1 Å². The van der Waals surface area contributed by atoms with Gasteiger partial charge in [0.2, 0.25) is 0 Å². The molecule has 3 nitrogen and oxygen atoms in total. The molecule has 17 heavy (non-hydrogen) atoms. The molecule has 0 atom stereocenters. The highest BCUT2D eigenvalue weighted by atomic mass is 16.8. The van der Waals surface area contributed by atoms with Crippen molar-refractivity contribution in [2.75, 3.05) is 0 Å². The zero-order valence-corrected chi connectivity index (χ0v) is 9.92. The van der Waals surface area contributed by atoms with Crippen LogP contribution in [0.3, 0.4) is 0 Å². The third-order valence-electron chi connectivity index (χ3n) is 2.94. The first-order valence-electron chi connectivity index (χ1n) is 5.67. The number of para-hydroxylation sites is 2. The number of aromatic nitrogens is 2. The average Bonchev–Trinajstić information content (AvgIpc) is 3.10. The van der Waals surface area contributed by atoms with Crippen molar-refractivity contribution in [1.29, 1.82) is 0 Å². The number of nitrogens with zero attached hydrogens (tertiary/aromatic N) is 2. The maximum absolute atomic E-state index is 5.52. The molecule has 0 aliphatic heterocycles. The second kappa shape index (κ2) is 3.70. The van der Waals surface area contributed by atoms with Crippen LogP contribution in [0, 0.1) is 13.8 Å². The lowest BCUT2D eigenvalue weighted by Gasteiger charge is -1.98. The molecule has 3 rings (SSSR count). The van der Waals surface area contributed by atoms with E-state index in [1.807, 2.05) is 36.4 Å². The molecular formula is C14H14N2O. The summed E-state index contributed by atoms with van der Waals surface area (Å²) < 4.78 is 5.52. The minimum atomic E-state index is 1.08. The molecule has 0 aliphatic carbocycles. The second-order valence-electron chi connectivity index (χ2n) is 4.20. The zero-order valence-electron chi connectivity index (χ0n) is 9.92. The Kier molecular flexibility index (Phi) is 2.18. The van der Waals surface area contributed by atoms with Crippen molar-refractivity contribution < 1.29 is 4.63 Å². The third kappa shape index (κ3) is 1.69. The van der Waals surface area contributed by atoms with Crippen molar-refractivity contribution in [1.82, 2.24) is 9.71 Å². The Morgan fingerprint density at radius 3 is 1.53 bits per heavy atom. The summed E-state index contributed by atoms with van der Waals surface area (Å²) in [5, 5.41) is 0. The van der Waals surface area contributed by atoms with Gasteiger partial charge in [0, 0.05) is 0 Å². The summed E-state index contributed by atoms with van der Waals surface area (Å²) in [6.45, 7) is 4.15. The lowest BCUT2D eigenvalue weighted by molar-refractivity contribution is 0.474. The van der Waals surface area contributed by atoms with E-state index in [1.54, 1.807) is 9.71 Å². The first-order valence-corrected chi connectivity index (χ1v) is 5.67. The fourth-order valence-corrected chi connectivity index (χ4v) is 1.90. The molecule has 0 N–H and O–H groups in total. The van der Waals surface area contributed by atoms with Crippen molar-refractivity contribution in [3.63, 3.8) is 0 Å². The van der Waals surface area contributed by atoms with Gasteiger partial charge in [-0.3, -0.25) is 0 Å². The van der Waals surface area contributed by atoms with Crippen LogP contribution < -0.4 is 0 Å². The van der Waals surface area contributed by atoms with Crippen LogP contribution in [-0.2, 0) is 0 Å². The number of hydrogen-bond donors (Lipinski definition) is 0. The van der Waals surface area contributed by atoms with Gasteiger partial charge in [-0.15, -0.1) is 0 Å². The SMILES string of the molecule is Cc1ccccc1-n1on1-c1ccccc1C. The van der Waals surface area contributed by atoms with E-state index in [1.165, 1.54) is 11.1 Å². The van der Waals surface area contributed by atoms with Gasteiger partial charge >= 0.3 is 0 Å². The molecule has 0 saturated carbocycles. The number of aryl methyl sites for hydroxylation is 2. The Morgan fingerprint density at radius 1 is 0.706 bits per heavy atom. The number of benzene rings is 2. The summed E-state index contributed by atoms with van der Waals surface area (Å²) in [4.78, 5) is 3.61. The average molecular weight is 226 g/mol. The summed E-state index contributed by atoms with van der Waals surface area (Å²) in [5.74, 6) is 0. The van der Waals surface area contributed by atoms with Crippen LogP contribution in [0.15, 0.2) is 53.2 Å². The maximum atomic E-state index is 5.52. The second-order valence-corrected chi connectivity index (χ2v) is 4.20. The van der Waals surface area contributed by atoms with Crippen LogP contribution >= 0.6 is 0 Å². The summed E-state index contributed by atoms with van der Waals surface area (Å²) in [6, 6.07) is 16.3. The van der Waals surface area contributed by atoms with Crippen molar-refractivity contribution in [3.05, 3.63) is 59.7 Å². The lowest BCUT2D eigenvalue weighted by atomic mass is 10.2. The van der Waals surface area contributed by atoms with Crippen molar-refractivity contribution in [3.8, 4) is 11.4 Å². The topological polar surface area (TPSA) is 23.0 Å². The van der Waals surface area contributed by atoms with Crippen molar-refractivity contribution >= 4 is 0 Å². The van der Waals surface area contributed by atoms with E-state index >= 15 is 0 Å². The van der Waals surface area contributed by atoms with Crippen LogP contribution in [0.2, 0.25) is 0 Å². The molecule has 1 aromatic heterocycles. The standard InChI is InChI=1S/C14H14N2O/c1-11-7-3-5-9-13(11)15-16(17-15)14-10-6-4-8-12(14)2/h3-10H,1-2H3.